The lowest BCUT2D eigenvalue weighted by Crippen LogP contribution is -2.41. The van der Waals surface area contributed by atoms with E-state index in [1.807, 2.05) is 31.2 Å². The van der Waals surface area contributed by atoms with E-state index in [1.165, 1.54) is 35.9 Å². The van der Waals surface area contributed by atoms with Crippen molar-refractivity contribution in [3.8, 4) is 11.5 Å². The van der Waals surface area contributed by atoms with Gasteiger partial charge in [-0.25, -0.2) is 12.8 Å². The summed E-state index contributed by atoms with van der Waals surface area (Å²) >= 11 is 0. The highest BCUT2D eigenvalue weighted by Gasteiger charge is 2.29. The van der Waals surface area contributed by atoms with Crippen LogP contribution in [0, 0.1) is 5.82 Å². The minimum atomic E-state index is -4.19. The zero-order chi connectivity index (χ0) is 25.0. The van der Waals surface area contributed by atoms with Gasteiger partial charge >= 0.3 is 0 Å². The van der Waals surface area contributed by atoms with E-state index in [4.69, 9.17) is 9.47 Å². The van der Waals surface area contributed by atoms with Gasteiger partial charge in [-0.3, -0.25) is 9.10 Å². The van der Waals surface area contributed by atoms with Crippen molar-refractivity contribution in [3.63, 3.8) is 0 Å². The van der Waals surface area contributed by atoms with Gasteiger partial charge in [0.05, 0.1) is 16.6 Å². The minimum absolute atomic E-state index is 0.0675. The Morgan fingerprint density at radius 1 is 1.00 bits per heavy atom. The van der Waals surface area contributed by atoms with Crippen LogP contribution in [0.2, 0.25) is 0 Å². The molecule has 3 aromatic rings. The van der Waals surface area contributed by atoms with Gasteiger partial charge < -0.3 is 14.8 Å². The van der Waals surface area contributed by atoms with Gasteiger partial charge in [-0.05, 0) is 60.9 Å². The molecule has 35 heavy (non-hydrogen) atoms. The summed E-state index contributed by atoms with van der Waals surface area (Å²) in [7, 11) is -4.19. The third kappa shape index (κ3) is 5.57. The number of nitrogens with zero attached hydrogens (tertiary/aromatic N) is 1. The fourth-order valence-corrected chi connectivity index (χ4v) is 5.21. The monoisotopic (exact) mass is 498 g/mol. The Bertz CT molecular complexity index is 1290. The Kier molecular flexibility index (Phi) is 7.25. The summed E-state index contributed by atoms with van der Waals surface area (Å²) in [4.78, 5) is 12.9. The summed E-state index contributed by atoms with van der Waals surface area (Å²) in [6, 6.07) is 16.8. The fraction of sp³-hybridized carbons (Fsp3) is 0.269. The molecule has 1 N–H and O–H groups in total. The predicted molar refractivity (Wildman–Crippen MR) is 131 cm³/mol. The molecule has 1 amide bonds. The highest BCUT2D eigenvalue weighted by molar-refractivity contribution is 7.92. The number of carbonyl (C=O) groups is 1. The Balaban J connectivity index is 1.60. The Morgan fingerprint density at radius 2 is 1.66 bits per heavy atom. The van der Waals surface area contributed by atoms with E-state index in [2.05, 4.69) is 12.2 Å². The molecule has 0 aromatic heterocycles. The van der Waals surface area contributed by atoms with E-state index in [0.29, 0.717) is 24.7 Å². The smallest absolute Gasteiger partial charge is 0.264 e. The Hall–Kier alpha value is -3.59. The molecule has 0 saturated carbocycles. The van der Waals surface area contributed by atoms with Crippen LogP contribution in [0.25, 0.3) is 0 Å². The highest BCUT2D eigenvalue weighted by atomic mass is 32.2. The number of aryl methyl sites for hydroxylation is 1. The molecule has 1 atom stereocenters. The molecule has 0 saturated heterocycles. The standard InChI is InChI=1S/C26H27FN2O5S/c1-3-19-4-6-20(7-5-19)18(2)28-26(30)17-29(22-10-8-21(27)9-11-22)35(31,32)23-12-13-24-25(16-23)34-15-14-33-24/h4-13,16,18H,3,14-15,17H2,1-2H3,(H,28,30)/t18-/m1/s1. The number of carbonyl (C=O) groups excluding carboxylic acids is 1. The van der Waals surface area contributed by atoms with Gasteiger partial charge in [0.25, 0.3) is 10.0 Å². The van der Waals surface area contributed by atoms with Crippen LogP contribution in [-0.4, -0.2) is 34.1 Å². The van der Waals surface area contributed by atoms with Crippen LogP contribution in [-0.2, 0) is 21.2 Å². The van der Waals surface area contributed by atoms with Crippen molar-refractivity contribution in [2.45, 2.75) is 31.2 Å². The van der Waals surface area contributed by atoms with Gasteiger partial charge in [0.1, 0.15) is 25.6 Å². The number of rotatable bonds is 8. The van der Waals surface area contributed by atoms with Gasteiger partial charge in [0.15, 0.2) is 11.5 Å². The first-order chi connectivity index (χ1) is 16.8. The number of ether oxygens (including phenoxy) is 2. The summed E-state index contributed by atoms with van der Waals surface area (Å²) in [5, 5.41) is 2.85. The molecule has 184 valence electrons. The quantitative estimate of drug-likeness (QED) is 0.502. The lowest BCUT2D eigenvalue weighted by atomic mass is 10.1. The molecule has 0 unspecified atom stereocenters. The van der Waals surface area contributed by atoms with Crippen molar-refractivity contribution in [1.29, 1.82) is 0 Å². The molecule has 0 aliphatic carbocycles. The summed E-state index contributed by atoms with van der Waals surface area (Å²) in [6.07, 6.45) is 0.908. The minimum Gasteiger partial charge on any atom is -0.486 e. The number of anilines is 1. The van der Waals surface area contributed by atoms with Gasteiger partial charge in [-0.2, -0.15) is 0 Å². The molecule has 1 aliphatic heterocycles. The molecule has 0 spiro atoms. The lowest BCUT2D eigenvalue weighted by Gasteiger charge is -2.26. The summed E-state index contributed by atoms with van der Waals surface area (Å²) in [6.45, 7) is 4.08. The maximum atomic E-state index is 13.6. The average Bonchev–Trinajstić information content (AvgIpc) is 2.87. The molecule has 0 radical (unpaired) electrons. The molecule has 4 rings (SSSR count). The molecule has 0 bridgehead atoms. The third-order valence-electron chi connectivity index (χ3n) is 5.77. The van der Waals surface area contributed by atoms with Crippen LogP contribution in [0.1, 0.15) is 31.0 Å². The van der Waals surface area contributed by atoms with Crippen LogP contribution in [0.15, 0.2) is 71.6 Å². The number of benzene rings is 3. The van der Waals surface area contributed by atoms with Gasteiger partial charge in [0, 0.05) is 6.07 Å². The van der Waals surface area contributed by atoms with Crippen molar-refractivity contribution >= 4 is 21.6 Å². The summed E-state index contributed by atoms with van der Waals surface area (Å²) in [5.41, 5.74) is 2.25. The van der Waals surface area contributed by atoms with Crippen LogP contribution in [0.5, 0.6) is 11.5 Å². The second-order valence-electron chi connectivity index (χ2n) is 8.18. The number of nitrogens with one attached hydrogen (secondary N) is 1. The summed E-state index contributed by atoms with van der Waals surface area (Å²) in [5.74, 6) is -0.254. The van der Waals surface area contributed by atoms with Gasteiger partial charge in [0.2, 0.25) is 5.91 Å². The number of amides is 1. The number of hydrogen-bond donors (Lipinski definition) is 1. The van der Waals surface area contributed by atoms with Crippen LogP contribution >= 0.6 is 0 Å². The van der Waals surface area contributed by atoms with Crippen molar-refractivity contribution in [2.24, 2.45) is 0 Å². The average molecular weight is 499 g/mol. The molecular weight excluding hydrogens is 471 g/mol. The second-order valence-corrected chi connectivity index (χ2v) is 10.0. The number of hydrogen-bond acceptors (Lipinski definition) is 5. The predicted octanol–water partition coefficient (Wildman–Crippen LogP) is 4.23. The van der Waals surface area contributed by atoms with Crippen molar-refractivity contribution in [1.82, 2.24) is 5.32 Å². The van der Waals surface area contributed by atoms with E-state index in [1.54, 1.807) is 0 Å². The van der Waals surface area contributed by atoms with Crippen molar-refractivity contribution < 1.29 is 27.1 Å². The molecule has 7 nitrogen and oxygen atoms in total. The topological polar surface area (TPSA) is 84.9 Å². The molecule has 9 heteroatoms. The number of sulfonamides is 1. The lowest BCUT2D eigenvalue weighted by molar-refractivity contribution is -0.120. The summed E-state index contributed by atoms with van der Waals surface area (Å²) < 4.78 is 52.8. The Labute approximate surface area is 204 Å². The van der Waals surface area contributed by atoms with E-state index in [-0.39, 0.29) is 16.6 Å². The molecule has 0 fully saturated rings. The van der Waals surface area contributed by atoms with E-state index in [0.717, 1.165) is 28.4 Å². The number of halogens is 1. The maximum absolute atomic E-state index is 13.6. The second kappa shape index (κ2) is 10.4. The van der Waals surface area contributed by atoms with Crippen LogP contribution in [0.4, 0.5) is 10.1 Å². The highest BCUT2D eigenvalue weighted by Crippen LogP contribution is 2.34. The van der Waals surface area contributed by atoms with E-state index in [9.17, 15) is 17.6 Å². The zero-order valence-electron chi connectivity index (χ0n) is 19.5. The van der Waals surface area contributed by atoms with Crippen molar-refractivity contribution in [2.75, 3.05) is 24.1 Å². The molecule has 1 aliphatic rings. The van der Waals surface area contributed by atoms with Crippen molar-refractivity contribution in [3.05, 3.63) is 83.7 Å². The largest absolute Gasteiger partial charge is 0.486 e. The normalized spacial score (nSPS) is 13.7. The van der Waals surface area contributed by atoms with Gasteiger partial charge in [-0.15, -0.1) is 0 Å². The number of fused-ring (bicyclic) bond motifs is 1. The maximum Gasteiger partial charge on any atom is 0.264 e. The van der Waals surface area contributed by atoms with E-state index >= 15 is 0 Å². The first kappa shape index (κ1) is 24.5. The SMILES string of the molecule is CCc1ccc([C@@H](C)NC(=O)CN(c2ccc(F)cc2)S(=O)(=O)c2ccc3c(c2)OCCO3)cc1. The first-order valence-corrected chi connectivity index (χ1v) is 12.8. The first-order valence-electron chi connectivity index (χ1n) is 11.3. The van der Waals surface area contributed by atoms with Gasteiger partial charge in [-0.1, -0.05) is 31.2 Å². The van der Waals surface area contributed by atoms with E-state index < -0.39 is 28.3 Å². The Morgan fingerprint density at radius 3 is 2.31 bits per heavy atom. The molecule has 1 heterocycles. The molecule has 3 aromatic carbocycles. The zero-order valence-corrected chi connectivity index (χ0v) is 20.3. The van der Waals surface area contributed by atoms with Crippen LogP contribution < -0.4 is 19.1 Å². The fourth-order valence-electron chi connectivity index (χ4n) is 3.78. The van der Waals surface area contributed by atoms with Crippen LogP contribution in [0.3, 0.4) is 0 Å². The third-order valence-corrected chi connectivity index (χ3v) is 7.54. The molecular formula is C26H27FN2O5S.